The Morgan fingerprint density at radius 2 is 2.00 bits per heavy atom. The number of nitrogens with one attached hydrogen (secondary N) is 1. The van der Waals surface area contributed by atoms with Crippen molar-refractivity contribution in [1.29, 1.82) is 0 Å². The first-order valence-electron chi connectivity index (χ1n) is 8.58. The maximum absolute atomic E-state index is 12.9. The van der Waals surface area contributed by atoms with E-state index in [2.05, 4.69) is 11.9 Å². The van der Waals surface area contributed by atoms with Crippen LogP contribution in [0.25, 0.3) is 0 Å². The third-order valence-corrected chi connectivity index (χ3v) is 4.96. The first kappa shape index (κ1) is 19.4. The van der Waals surface area contributed by atoms with Crippen LogP contribution < -0.4 is 10.1 Å². The Balaban J connectivity index is 1.69. The Kier molecular flexibility index (Phi) is 6.29. The number of thiophene rings is 1. The monoisotopic (exact) mass is 396 g/mol. The Morgan fingerprint density at radius 1 is 1.21 bits per heavy atom. The largest absolute Gasteiger partial charge is 0.497 e. The zero-order valence-electron chi connectivity index (χ0n) is 15.4. The van der Waals surface area contributed by atoms with E-state index in [0.717, 1.165) is 11.3 Å². The van der Waals surface area contributed by atoms with Gasteiger partial charge in [0, 0.05) is 13.1 Å². The van der Waals surface area contributed by atoms with E-state index in [1.54, 1.807) is 42.4 Å². The summed E-state index contributed by atoms with van der Waals surface area (Å²) in [5.74, 6) is 0.501. The van der Waals surface area contributed by atoms with E-state index in [1.807, 2.05) is 24.3 Å². The molecule has 3 aromatic rings. The Hall–Kier alpha value is -3.32. The van der Waals surface area contributed by atoms with Crippen molar-refractivity contribution in [3.8, 4) is 5.75 Å². The molecule has 0 radical (unpaired) electrons. The van der Waals surface area contributed by atoms with Gasteiger partial charge in [-0.05, 0) is 42.0 Å². The summed E-state index contributed by atoms with van der Waals surface area (Å²) < 4.78 is 10.2. The van der Waals surface area contributed by atoms with Gasteiger partial charge >= 0.3 is 0 Å². The average molecular weight is 396 g/mol. The van der Waals surface area contributed by atoms with Gasteiger partial charge < -0.3 is 19.4 Å². The molecular weight excluding hydrogens is 376 g/mol. The number of amides is 2. The van der Waals surface area contributed by atoms with Gasteiger partial charge in [-0.1, -0.05) is 18.2 Å². The van der Waals surface area contributed by atoms with Crippen molar-refractivity contribution in [3.63, 3.8) is 0 Å². The molecule has 28 heavy (non-hydrogen) atoms. The lowest BCUT2D eigenvalue weighted by atomic mass is 10.2. The fourth-order valence-corrected chi connectivity index (χ4v) is 3.45. The molecule has 1 N–H and O–H groups in total. The van der Waals surface area contributed by atoms with Gasteiger partial charge in [0.15, 0.2) is 5.76 Å². The molecule has 0 spiro atoms. The molecule has 0 saturated carbocycles. The molecule has 144 valence electrons. The van der Waals surface area contributed by atoms with Crippen LogP contribution in [0.2, 0.25) is 0 Å². The number of hydrogen-bond donors (Lipinski definition) is 1. The third kappa shape index (κ3) is 4.69. The first-order valence-corrected chi connectivity index (χ1v) is 9.40. The number of ether oxygens (including phenoxy) is 1. The molecule has 2 amide bonds. The molecule has 0 atom stereocenters. The maximum atomic E-state index is 12.9. The van der Waals surface area contributed by atoms with E-state index in [-0.39, 0.29) is 17.6 Å². The number of carbonyl (C=O) groups excluding carboxylic acids is 2. The van der Waals surface area contributed by atoms with Gasteiger partial charge in [-0.25, -0.2) is 0 Å². The Bertz CT molecular complexity index is 945. The van der Waals surface area contributed by atoms with Crippen LogP contribution in [-0.4, -0.2) is 30.4 Å². The summed E-state index contributed by atoms with van der Waals surface area (Å²) in [4.78, 5) is 27.2. The molecular formula is C21H20N2O4S. The minimum atomic E-state index is -0.355. The van der Waals surface area contributed by atoms with Crippen LogP contribution in [0.15, 0.2) is 71.9 Å². The van der Waals surface area contributed by atoms with Crippen LogP contribution in [0.5, 0.6) is 5.75 Å². The number of carbonyl (C=O) groups is 2. The fraction of sp³-hybridized carbons (Fsp3) is 0.143. The minimum absolute atomic E-state index is 0.126. The van der Waals surface area contributed by atoms with Gasteiger partial charge in [0.25, 0.3) is 11.8 Å². The Labute approximate surface area is 167 Å². The molecule has 7 heteroatoms. The van der Waals surface area contributed by atoms with E-state index in [9.17, 15) is 9.59 Å². The second-order valence-corrected chi connectivity index (χ2v) is 7.00. The molecule has 0 aliphatic carbocycles. The summed E-state index contributed by atoms with van der Waals surface area (Å²) >= 11 is 1.22. The highest BCUT2D eigenvalue weighted by Gasteiger charge is 2.18. The number of rotatable bonds is 8. The highest BCUT2D eigenvalue weighted by molar-refractivity contribution is 7.18. The molecule has 6 nitrogen and oxygen atoms in total. The third-order valence-electron chi connectivity index (χ3n) is 3.97. The fourth-order valence-electron chi connectivity index (χ4n) is 2.58. The molecule has 1 aromatic carbocycles. The second-order valence-electron chi connectivity index (χ2n) is 5.92. The van der Waals surface area contributed by atoms with Crippen LogP contribution in [-0.2, 0) is 6.54 Å². The number of hydrogen-bond acceptors (Lipinski definition) is 5. The molecule has 0 aliphatic heterocycles. The molecule has 0 aliphatic rings. The van der Waals surface area contributed by atoms with Crippen LogP contribution in [0.3, 0.4) is 0 Å². The van der Waals surface area contributed by atoms with Crippen molar-refractivity contribution >= 4 is 28.2 Å². The zero-order valence-corrected chi connectivity index (χ0v) is 16.2. The van der Waals surface area contributed by atoms with Crippen molar-refractivity contribution in [1.82, 2.24) is 4.90 Å². The summed E-state index contributed by atoms with van der Waals surface area (Å²) in [5.41, 5.74) is 0.985. The second kappa shape index (κ2) is 9.05. The van der Waals surface area contributed by atoms with Crippen molar-refractivity contribution in [2.45, 2.75) is 6.54 Å². The SMILES string of the molecule is C=CCN(Cc1ccc(OC)cc1)C(=O)c1ccc(NC(=O)c2ccco2)s1. The van der Waals surface area contributed by atoms with Crippen molar-refractivity contribution < 1.29 is 18.7 Å². The molecule has 0 fully saturated rings. The topological polar surface area (TPSA) is 71.8 Å². The molecule has 2 aromatic heterocycles. The number of nitrogens with zero attached hydrogens (tertiary/aromatic N) is 1. The lowest BCUT2D eigenvalue weighted by Crippen LogP contribution is -2.30. The molecule has 0 bridgehead atoms. The lowest BCUT2D eigenvalue weighted by molar-refractivity contribution is 0.0767. The van der Waals surface area contributed by atoms with Crippen LogP contribution >= 0.6 is 11.3 Å². The first-order chi connectivity index (χ1) is 13.6. The average Bonchev–Trinajstić information content (AvgIpc) is 3.40. The van der Waals surface area contributed by atoms with E-state index in [1.165, 1.54) is 17.6 Å². The van der Waals surface area contributed by atoms with Gasteiger partial charge in [0.1, 0.15) is 5.75 Å². The summed E-state index contributed by atoms with van der Waals surface area (Å²) in [7, 11) is 1.61. The summed E-state index contributed by atoms with van der Waals surface area (Å²) in [6.45, 7) is 4.60. The van der Waals surface area contributed by atoms with Crippen molar-refractivity contribution in [3.05, 3.63) is 83.6 Å². The molecule has 2 heterocycles. The van der Waals surface area contributed by atoms with Gasteiger partial charge in [-0.3, -0.25) is 9.59 Å². The summed E-state index contributed by atoms with van der Waals surface area (Å²) in [6.07, 6.45) is 3.12. The summed E-state index contributed by atoms with van der Waals surface area (Å²) in [5, 5.41) is 3.31. The van der Waals surface area contributed by atoms with Crippen LogP contribution in [0.4, 0.5) is 5.00 Å². The van der Waals surface area contributed by atoms with Gasteiger partial charge in [0.05, 0.1) is 23.3 Å². The standard InChI is InChI=1S/C21H20N2O4S/c1-3-12-23(14-15-6-8-16(26-2)9-7-15)21(25)18-10-11-19(28-18)22-20(24)17-5-4-13-27-17/h3-11,13H,1,12,14H2,2H3,(H,22,24). The summed E-state index contributed by atoms with van der Waals surface area (Å²) in [6, 6.07) is 14.2. The lowest BCUT2D eigenvalue weighted by Gasteiger charge is -2.20. The predicted octanol–water partition coefficient (Wildman–Crippen LogP) is 4.43. The van der Waals surface area contributed by atoms with Crippen LogP contribution in [0, 0.1) is 0 Å². The molecule has 0 saturated heterocycles. The maximum Gasteiger partial charge on any atom is 0.291 e. The smallest absolute Gasteiger partial charge is 0.291 e. The highest BCUT2D eigenvalue weighted by atomic mass is 32.1. The van der Waals surface area contributed by atoms with Gasteiger partial charge in [0.2, 0.25) is 0 Å². The predicted molar refractivity (Wildman–Crippen MR) is 109 cm³/mol. The normalized spacial score (nSPS) is 10.3. The van der Waals surface area contributed by atoms with E-state index < -0.39 is 0 Å². The number of benzene rings is 1. The molecule has 3 rings (SSSR count). The van der Waals surface area contributed by atoms with Crippen LogP contribution in [0.1, 0.15) is 25.8 Å². The van der Waals surface area contributed by atoms with Gasteiger partial charge in [-0.2, -0.15) is 0 Å². The number of methoxy groups -OCH3 is 1. The number of furan rings is 1. The zero-order chi connectivity index (χ0) is 19.9. The van der Waals surface area contributed by atoms with E-state index in [4.69, 9.17) is 9.15 Å². The minimum Gasteiger partial charge on any atom is -0.497 e. The van der Waals surface area contributed by atoms with E-state index >= 15 is 0 Å². The Morgan fingerprint density at radius 3 is 2.64 bits per heavy atom. The van der Waals surface area contributed by atoms with Crippen molar-refractivity contribution in [2.75, 3.05) is 19.0 Å². The quantitative estimate of drug-likeness (QED) is 0.572. The number of anilines is 1. The molecule has 0 unspecified atom stereocenters. The van der Waals surface area contributed by atoms with E-state index in [0.29, 0.717) is 23.0 Å². The van der Waals surface area contributed by atoms with Gasteiger partial charge in [-0.15, -0.1) is 17.9 Å². The van der Waals surface area contributed by atoms with Crippen molar-refractivity contribution in [2.24, 2.45) is 0 Å². The highest BCUT2D eigenvalue weighted by Crippen LogP contribution is 2.25.